The van der Waals surface area contributed by atoms with Gasteiger partial charge in [-0.15, -0.1) is 10.2 Å². The first-order valence-electron chi connectivity index (χ1n) is 7.10. The Labute approximate surface area is 120 Å². The fraction of sp³-hybridized carbons (Fsp3) is 0.846. The zero-order valence-electron chi connectivity index (χ0n) is 12.2. The van der Waals surface area contributed by atoms with Crippen molar-refractivity contribution in [3.63, 3.8) is 0 Å². The maximum atomic E-state index is 4.25. The predicted octanol–water partition coefficient (Wildman–Crippen LogP) is 1.74. The molecule has 0 bridgehead atoms. The molecule has 0 spiro atoms. The quantitative estimate of drug-likeness (QED) is 0.826. The summed E-state index contributed by atoms with van der Waals surface area (Å²) in [6.07, 6.45) is 2.43. The summed E-state index contributed by atoms with van der Waals surface area (Å²) in [4.78, 5) is 4.78. The van der Waals surface area contributed by atoms with Gasteiger partial charge in [-0.3, -0.25) is 4.90 Å². The Morgan fingerprint density at radius 2 is 2.32 bits per heavy atom. The SMILES string of the molecule is CCCNc1nnc(CN(C)CC2CCN(C)C2)s1. The summed E-state index contributed by atoms with van der Waals surface area (Å²) in [7, 11) is 4.38. The van der Waals surface area contributed by atoms with E-state index in [1.807, 2.05) is 0 Å². The monoisotopic (exact) mass is 283 g/mol. The molecule has 1 N–H and O–H groups in total. The second-order valence-corrected chi connectivity index (χ2v) is 6.60. The molecular formula is C13H25N5S. The van der Waals surface area contributed by atoms with Crippen LogP contribution >= 0.6 is 11.3 Å². The first-order chi connectivity index (χ1) is 9.17. The van der Waals surface area contributed by atoms with Crippen LogP contribution in [0.25, 0.3) is 0 Å². The molecule has 1 aliphatic rings. The van der Waals surface area contributed by atoms with Gasteiger partial charge in [-0.2, -0.15) is 0 Å². The third-order valence-electron chi connectivity index (χ3n) is 3.46. The van der Waals surface area contributed by atoms with E-state index in [0.29, 0.717) is 0 Å². The van der Waals surface area contributed by atoms with Crippen LogP contribution in [0.3, 0.4) is 0 Å². The van der Waals surface area contributed by atoms with Gasteiger partial charge in [0.05, 0.1) is 6.54 Å². The summed E-state index contributed by atoms with van der Waals surface area (Å²) >= 11 is 1.67. The maximum Gasteiger partial charge on any atom is 0.205 e. The van der Waals surface area contributed by atoms with Gasteiger partial charge in [-0.25, -0.2) is 0 Å². The third kappa shape index (κ3) is 4.71. The van der Waals surface area contributed by atoms with E-state index in [-0.39, 0.29) is 0 Å². The van der Waals surface area contributed by atoms with Gasteiger partial charge in [0, 0.05) is 19.6 Å². The molecule has 0 saturated carbocycles. The van der Waals surface area contributed by atoms with Crippen molar-refractivity contribution in [1.29, 1.82) is 0 Å². The summed E-state index contributed by atoms with van der Waals surface area (Å²) in [5, 5.41) is 13.8. The number of aromatic nitrogens is 2. The number of nitrogens with one attached hydrogen (secondary N) is 1. The summed E-state index contributed by atoms with van der Waals surface area (Å²) in [6.45, 7) is 7.65. The van der Waals surface area contributed by atoms with Crippen molar-refractivity contribution in [3.05, 3.63) is 5.01 Å². The number of likely N-dealkylation sites (tertiary alicyclic amines) is 1. The Morgan fingerprint density at radius 1 is 1.47 bits per heavy atom. The van der Waals surface area contributed by atoms with E-state index in [0.717, 1.165) is 42.1 Å². The van der Waals surface area contributed by atoms with E-state index < -0.39 is 0 Å². The van der Waals surface area contributed by atoms with Crippen LogP contribution in [0.2, 0.25) is 0 Å². The summed E-state index contributed by atoms with van der Waals surface area (Å²) in [5.41, 5.74) is 0. The lowest BCUT2D eigenvalue weighted by Crippen LogP contribution is -2.27. The van der Waals surface area contributed by atoms with Crippen LogP contribution in [0.5, 0.6) is 0 Å². The fourth-order valence-electron chi connectivity index (χ4n) is 2.53. The van der Waals surface area contributed by atoms with Crippen LogP contribution in [-0.4, -0.2) is 60.3 Å². The normalized spacial score (nSPS) is 20.3. The number of rotatable bonds is 7. The van der Waals surface area contributed by atoms with Crippen molar-refractivity contribution in [3.8, 4) is 0 Å². The van der Waals surface area contributed by atoms with Crippen molar-refractivity contribution >= 4 is 16.5 Å². The van der Waals surface area contributed by atoms with Gasteiger partial charge < -0.3 is 10.2 Å². The van der Waals surface area contributed by atoms with E-state index in [1.165, 1.54) is 19.5 Å². The van der Waals surface area contributed by atoms with E-state index >= 15 is 0 Å². The predicted molar refractivity (Wildman–Crippen MR) is 80.6 cm³/mol. The Kier molecular flexibility index (Phi) is 5.54. The minimum Gasteiger partial charge on any atom is -0.360 e. The van der Waals surface area contributed by atoms with Gasteiger partial charge in [-0.05, 0) is 39.4 Å². The molecule has 1 aliphatic heterocycles. The van der Waals surface area contributed by atoms with E-state index in [2.05, 4.69) is 46.3 Å². The second kappa shape index (κ2) is 7.17. The zero-order chi connectivity index (χ0) is 13.7. The second-order valence-electron chi connectivity index (χ2n) is 5.54. The van der Waals surface area contributed by atoms with Crippen LogP contribution in [-0.2, 0) is 6.54 Å². The molecule has 6 heteroatoms. The van der Waals surface area contributed by atoms with Crippen molar-refractivity contribution < 1.29 is 0 Å². The average Bonchev–Trinajstić information content (AvgIpc) is 2.96. The molecule has 1 unspecified atom stereocenters. The molecule has 1 saturated heterocycles. The third-order valence-corrected chi connectivity index (χ3v) is 4.32. The van der Waals surface area contributed by atoms with Gasteiger partial charge in [0.25, 0.3) is 0 Å². The highest BCUT2D eigenvalue weighted by Gasteiger charge is 2.21. The first kappa shape index (κ1) is 14.7. The van der Waals surface area contributed by atoms with Crippen LogP contribution in [0.1, 0.15) is 24.8 Å². The molecule has 0 amide bonds. The molecule has 19 heavy (non-hydrogen) atoms. The minimum absolute atomic E-state index is 0.806. The molecule has 2 heterocycles. The lowest BCUT2D eigenvalue weighted by molar-refractivity contribution is 0.266. The van der Waals surface area contributed by atoms with Gasteiger partial charge in [0.2, 0.25) is 5.13 Å². The largest absolute Gasteiger partial charge is 0.360 e. The highest BCUT2D eigenvalue weighted by molar-refractivity contribution is 7.15. The molecule has 1 atom stereocenters. The van der Waals surface area contributed by atoms with Crippen molar-refractivity contribution in [2.45, 2.75) is 26.3 Å². The molecule has 2 rings (SSSR count). The summed E-state index contributed by atoms with van der Waals surface area (Å²) < 4.78 is 0. The van der Waals surface area contributed by atoms with Crippen LogP contribution in [0, 0.1) is 5.92 Å². The van der Waals surface area contributed by atoms with Crippen molar-refractivity contribution in [1.82, 2.24) is 20.0 Å². The molecule has 1 aromatic rings. The average molecular weight is 283 g/mol. The van der Waals surface area contributed by atoms with E-state index in [9.17, 15) is 0 Å². The molecule has 1 aromatic heterocycles. The number of nitrogens with zero attached hydrogens (tertiary/aromatic N) is 4. The topological polar surface area (TPSA) is 44.3 Å². The number of hydrogen-bond donors (Lipinski definition) is 1. The number of hydrogen-bond acceptors (Lipinski definition) is 6. The smallest absolute Gasteiger partial charge is 0.205 e. The molecule has 0 aromatic carbocycles. The Balaban J connectivity index is 1.75. The van der Waals surface area contributed by atoms with Crippen molar-refractivity contribution in [2.75, 3.05) is 45.6 Å². The number of anilines is 1. The Bertz CT molecular complexity index is 381. The van der Waals surface area contributed by atoms with Crippen molar-refractivity contribution in [2.24, 2.45) is 5.92 Å². The molecule has 0 radical (unpaired) electrons. The molecular weight excluding hydrogens is 258 g/mol. The molecule has 108 valence electrons. The standard InChI is InChI=1S/C13H25N5S/c1-4-6-14-13-16-15-12(19-13)10-18(3)9-11-5-7-17(2)8-11/h11H,4-10H2,1-3H3,(H,14,16). The van der Waals surface area contributed by atoms with Gasteiger partial charge in [0.15, 0.2) is 0 Å². The molecule has 0 aliphatic carbocycles. The summed E-state index contributed by atoms with van der Waals surface area (Å²) in [6, 6.07) is 0. The van der Waals surface area contributed by atoms with Gasteiger partial charge in [-0.1, -0.05) is 18.3 Å². The van der Waals surface area contributed by atoms with Crippen LogP contribution in [0.15, 0.2) is 0 Å². The Hall–Kier alpha value is -0.720. The maximum absolute atomic E-state index is 4.25. The fourth-order valence-corrected chi connectivity index (χ4v) is 3.38. The molecule has 5 nitrogen and oxygen atoms in total. The van der Waals surface area contributed by atoms with E-state index in [4.69, 9.17) is 0 Å². The van der Waals surface area contributed by atoms with E-state index in [1.54, 1.807) is 11.3 Å². The highest BCUT2D eigenvalue weighted by atomic mass is 32.1. The highest BCUT2D eigenvalue weighted by Crippen LogP contribution is 2.19. The van der Waals surface area contributed by atoms with Crippen LogP contribution in [0.4, 0.5) is 5.13 Å². The Morgan fingerprint density at radius 3 is 3.00 bits per heavy atom. The first-order valence-corrected chi connectivity index (χ1v) is 7.92. The van der Waals surface area contributed by atoms with Gasteiger partial charge >= 0.3 is 0 Å². The minimum atomic E-state index is 0.806. The lowest BCUT2D eigenvalue weighted by Gasteiger charge is -2.19. The molecule has 1 fully saturated rings. The summed E-state index contributed by atoms with van der Waals surface area (Å²) in [5.74, 6) is 0.806. The zero-order valence-corrected chi connectivity index (χ0v) is 13.0. The van der Waals surface area contributed by atoms with Crippen LogP contribution < -0.4 is 5.32 Å². The lowest BCUT2D eigenvalue weighted by atomic mass is 10.1. The van der Waals surface area contributed by atoms with Gasteiger partial charge in [0.1, 0.15) is 5.01 Å².